The lowest BCUT2D eigenvalue weighted by Gasteiger charge is -2.26. The van der Waals surface area contributed by atoms with E-state index in [2.05, 4.69) is 4.72 Å². The number of halogens is 1. The Labute approximate surface area is 115 Å². The van der Waals surface area contributed by atoms with Crippen LogP contribution in [0.1, 0.15) is 20.3 Å². The lowest BCUT2D eigenvalue weighted by atomic mass is 10.0. The summed E-state index contributed by atoms with van der Waals surface area (Å²) in [4.78, 5) is 9.21. The van der Waals surface area contributed by atoms with Gasteiger partial charge in [0.05, 0.1) is 23.1 Å². The molecule has 0 heterocycles. The van der Waals surface area contributed by atoms with Crippen molar-refractivity contribution >= 4 is 15.7 Å². The molecule has 0 saturated heterocycles. The molecule has 20 heavy (non-hydrogen) atoms. The predicted octanol–water partition coefficient (Wildman–Crippen LogP) is 1.17. The fourth-order valence-electron chi connectivity index (χ4n) is 1.46. The molecular weight excluding hydrogens is 291 g/mol. The fourth-order valence-corrected chi connectivity index (χ4v) is 3.08. The Balaban J connectivity index is 3.33. The Morgan fingerprint density at radius 2 is 2.10 bits per heavy atom. The van der Waals surface area contributed by atoms with E-state index < -0.39 is 43.5 Å². The van der Waals surface area contributed by atoms with Crippen LogP contribution in [0, 0.1) is 15.9 Å². The first-order valence-electron chi connectivity index (χ1n) is 5.74. The van der Waals surface area contributed by atoms with Crippen molar-refractivity contribution in [3.8, 4) is 0 Å². The molecule has 0 fully saturated rings. The number of aliphatic hydroxyl groups is 1. The Bertz CT molecular complexity index is 613. The number of aliphatic hydroxyl groups excluding tert-OH is 1. The third-order valence-corrected chi connectivity index (χ3v) is 4.60. The van der Waals surface area contributed by atoms with Gasteiger partial charge in [-0.05, 0) is 25.5 Å². The van der Waals surface area contributed by atoms with Gasteiger partial charge in [-0.15, -0.1) is 0 Å². The van der Waals surface area contributed by atoms with E-state index in [-0.39, 0.29) is 6.42 Å². The first-order chi connectivity index (χ1) is 9.15. The molecule has 0 aliphatic rings. The highest BCUT2D eigenvalue weighted by atomic mass is 32.2. The highest BCUT2D eigenvalue weighted by Crippen LogP contribution is 2.26. The van der Waals surface area contributed by atoms with Crippen LogP contribution < -0.4 is 4.72 Å². The van der Waals surface area contributed by atoms with E-state index >= 15 is 0 Å². The van der Waals surface area contributed by atoms with E-state index in [1.807, 2.05) is 0 Å². The summed E-state index contributed by atoms with van der Waals surface area (Å²) in [7, 11) is -4.25. The highest BCUT2D eigenvalue weighted by Gasteiger charge is 2.33. The van der Waals surface area contributed by atoms with Gasteiger partial charge in [-0.2, -0.15) is 0 Å². The summed E-state index contributed by atoms with van der Waals surface area (Å²) in [5, 5.41) is 20.0. The minimum Gasteiger partial charge on any atom is -0.394 e. The molecule has 7 nitrogen and oxygen atoms in total. The minimum atomic E-state index is -4.25. The zero-order chi connectivity index (χ0) is 15.6. The number of sulfonamides is 1. The van der Waals surface area contributed by atoms with Crippen molar-refractivity contribution in [1.82, 2.24) is 4.72 Å². The number of nitrogens with zero attached hydrogens (tertiary/aromatic N) is 1. The molecule has 0 saturated carbocycles. The SMILES string of the molecule is CCC(C)(CO)NS(=O)(=O)c1ccc(F)cc1[N+](=O)[O-]. The van der Waals surface area contributed by atoms with Crippen LogP contribution in [-0.2, 0) is 10.0 Å². The third-order valence-electron chi connectivity index (χ3n) is 2.92. The van der Waals surface area contributed by atoms with Gasteiger partial charge in [-0.25, -0.2) is 17.5 Å². The molecule has 1 unspecified atom stereocenters. The van der Waals surface area contributed by atoms with Crippen LogP contribution in [0.15, 0.2) is 23.1 Å². The molecular formula is C11H15FN2O5S. The summed E-state index contributed by atoms with van der Waals surface area (Å²) in [6.45, 7) is 2.63. The average Bonchev–Trinajstić information content (AvgIpc) is 2.37. The van der Waals surface area contributed by atoms with Crippen LogP contribution in [-0.4, -0.2) is 30.6 Å². The Morgan fingerprint density at radius 3 is 2.55 bits per heavy atom. The number of nitro benzene ring substituents is 1. The van der Waals surface area contributed by atoms with Gasteiger partial charge < -0.3 is 5.11 Å². The van der Waals surface area contributed by atoms with Crippen LogP contribution in [0.3, 0.4) is 0 Å². The Morgan fingerprint density at radius 1 is 1.50 bits per heavy atom. The van der Waals surface area contributed by atoms with Gasteiger partial charge in [-0.1, -0.05) is 6.92 Å². The maximum absolute atomic E-state index is 13.0. The number of nitrogens with one attached hydrogen (secondary N) is 1. The molecule has 1 rings (SSSR count). The number of rotatable bonds is 6. The van der Waals surface area contributed by atoms with Crippen LogP contribution >= 0.6 is 0 Å². The summed E-state index contributed by atoms with van der Waals surface area (Å²) in [6, 6.07) is 2.18. The van der Waals surface area contributed by atoms with Crippen molar-refractivity contribution in [3.63, 3.8) is 0 Å². The largest absolute Gasteiger partial charge is 0.394 e. The predicted molar refractivity (Wildman–Crippen MR) is 69.2 cm³/mol. The zero-order valence-electron chi connectivity index (χ0n) is 11.0. The second kappa shape index (κ2) is 5.81. The summed E-state index contributed by atoms with van der Waals surface area (Å²) in [5.41, 5.74) is -2.00. The van der Waals surface area contributed by atoms with Crippen molar-refractivity contribution < 1.29 is 22.8 Å². The van der Waals surface area contributed by atoms with Gasteiger partial charge in [-0.3, -0.25) is 10.1 Å². The fraction of sp³-hybridized carbons (Fsp3) is 0.455. The first-order valence-corrected chi connectivity index (χ1v) is 7.22. The van der Waals surface area contributed by atoms with Gasteiger partial charge in [0.25, 0.3) is 5.69 Å². The van der Waals surface area contributed by atoms with Gasteiger partial charge in [0.15, 0.2) is 4.90 Å². The van der Waals surface area contributed by atoms with Gasteiger partial charge >= 0.3 is 0 Å². The number of hydrogen-bond donors (Lipinski definition) is 2. The maximum Gasteiger partial charge on any atom is 0.292 e. The van der Waals surface area contributed by atoms with Crippen LogP contribution in [0.25, 0.3) is 0 Å². The van der Waals surface area contributed by atoms with E-state index in [4.69, 9.17) is 0 Å². The molecule has 0 spiro atoms. The summed E-state index contributed by atoms with van der Waals surface area (Å²) in [5.74, 6) is -0.906. The van der Waals surface area contributed by atoms with Crippen LogP contribution in [0.2, 0.25) is 0 Å². The average molecular weight is 306 g/mol. The van der Waals surface area contributed by atoms with Gasteiger partial charge in [0.1, 0.15) is 5.82 Å². The highest BCUT2D eigenvalue weighted by molar-refractivity contribution is 7.89. The zero-order valence-corrected chi connectivity index (χ0v) is 11.8. The molecule has 1 atom stereocenters. The van der Waals surface area contributed by atoms with E-state index in [1.165, 1.54) is 6.92 Å². The lowest BCUT2D eigenvalue weighted by molar-refractivity contribution is -0.388. The molecule has 0 radical (unpaired) electrons. The van der Waals surface area contributed by atoms with E-state index in [1.54, 1.807) is 6.92 Å². The molecule has 2 N–H and O–H groups in total. The van der Waals surface area contributed by atoms with Crippen LogP contribution in [0.4, 0.5) is 10.1 Å². The standard InChI is InChI=1S/C11H15FN2O5S/c1-3-11(2,7-15)13-20(18,19)10-5-4-8(12)6-9(10)14(16)17/h4-6,13,15H,3,7H2,1-2H3. The molecule has 0 aliphatic carbocycles. The number of nitro groups is 1. The third kappa shape index (κ3) is 3.50. The van der Waals surface area contributed by atoms with E-state index in [0.717, 1.165) is 12.1 Å². The van der Waals surface area contributed by atoms with E-state index in [0.29, 0.717) is 6.07 Å². The summed E-state index contributed by atoms with van der Waals surface area (Å²) < 4.78 is 39.5. The molecule has 1 aromatic rings. The minimum absolute atomic E-state index is 0.276. The lowest BCUT2D eigenvalue weighted by Crippen LogP contribution is -2.48. The smallest absolute Gasteiger partial charge is 0.292 e. The number of benzene rings is 1. The molecule has 112 valence electrons. The van der Waals surface area contributed by atoms with Crippen LogP contribution in [0.5, 0.6) is 0 Å². The quantitative estimate of drug-likeness (QED) is 0.605. The molecule has 0 amide bonds. The molecule has 0 aliphatic heterocycles. The topological polar surface area (TPSA) is 110 Å². The molecule has 0 bridgehead atoms. The maximum atomic E-state index is 13.0. The summed E-state index contributed by atoms with van der Waals surface area (Å²) >= 11 is 0. The molecule has 1 aromatic carbocycles. The van der Waals surface area contributed by atoms with Crippen molar-refractivity contribution in [3.05, 3.63) is 34.1 Å². The molecule has 0 aromatic heterocycles. The van der Waals surface area contributed by atoms with Gasteiger partial charge in [0.2, 0.25) is 10.0 Å². The monoisotopic (exact) mass is 306 g/mol. The Kier molecular flexibility index (Phi) is 4.79. The van der Waals surface area contributed by atoms with Crippen molar-refractivity contribution in [2.45, 2.75) is 30.7 Å². The van der Waals surface area contributed by atoms with Crippen molar-refractivity contribution in [1.29, 1.82) is 0 Å². The Hall–Kier alpha value is -1.58. The summed E-state index contributed by atoms with van der Waals surface area (Å²) in [6.07, 6.45) is 0.276. The van der Waals surface area contributed by atoms with Gasteiger partial charge in [0, 0.05) is 0 Å². The van der Waals surface area contributed by atoms with Crippen molar-refractivity contribution in [2.24, 2.45) is 0 Å². The second-order valence-electron chi connectivity index (χ2n) is 4.55. The van der Waals surface area contributed by atoms with E-state index in [9.17, 15) is 28.0 Å². The molecule has 9 heteroatoms. The normalized spacial score (nSPS) is 14.8. The first kappa shape index (κ1) is 16.5. The van der Waals surface area contributed by atoms with Crippen molar-refractivity contribution in [2.75, 3.05) is 6.61 Å². The second-order valence-corrected chi connectivity index (χ2v) is 6.20. The number of hydrogen-bond acceptors (Lipinski definition) is 5.